The third kappa shape index (κ3) is 1.42. The van der Waals surface area contributed by atoms with Crippen molar-refractivity contribution in [3.63, 3.8) is 0 Å². The van der Waals surface area contributed by atoms with Crippen molar-refractivity contribution in [3.8, 4) is 5.75 Å². The Labute approximate surface area is 85.4 Å². The highest BCUT2D eigenvalue weighted by atomic mass is 32.2. The van der Waals surface area contributed by atoms with Gasteiger partial charge in [0.05, 0.1) is 0 Å². The zero-order valence-corrected chi connectivity index (χ0v) is 9.13. The van der Waals surface area contributed by atoms with E-state index in [-0.39, 0.29) is 0 Å². The summed E-state index contributed by atoms with van der Waals surface area (Å²) in [5.41, 5.74) is 0. The molecular formula is C10H10OS2. The lowest BCUT2D eigenvalue weighted by Crippen LogP contribution is -1.72. The zero-order valence-electron chi connectivity index (χ0n) is 7.50. The molecule has 1 aromatic carbocycles. The minimum absolute atomic E-state index is 0.425. The molecule has 3 heteroatoms. The van der Waals surface area contributed by atoms with E-state index in [1.165, 1.54) is 4.88 Å². The van der Waals surface area contributed by atoms with E-state index in [0.717, 1.165) is 15.0 Å². The fraction of sp³-hybridized carbons (Fsp3) is 0.200. The van der Waals surface area contributed by atoms with E-state index < -0.39 is 0 Å². The fourth-order valence-electron chi connectivity index (χ4n) is 1.37. The molecule has 1 nitrogen and oxygen atoms in total. The van der Waals surface area contributed by atoms with Crippen LogP contribution in [0.15, 0.2) is 23.1 Å². The predicted molar refractivity (Wildman–Crippen MR) is 60.0 cm³/mol. The van der Waals surface area contributed by atoms with E-state index in [2.05, 4.69) is 13.0 Å². The molecule has 1 heterocycles. The summed E-state index contributed by atoms with van der Waals surface area (Å²) in [6.45, 7) is 2.06. The summed E-state index contributed by atoms with van der Waals surface area (Å²) >= 11 is 3.29. The molecule has 0 unspecified atom stereocenters. The molecular weight excluding hydrogens is 200 g/mol. The number of aromatic hydroxyl groups is 1. The lowest BCUT2D eigenvalue weighted by molar-refractivity contribution is 0.469. The Balaban J connectivity index is 2.78. The molecule has 0 bridgehead atoms. The van der Waals surface area contributed by atoms with E-state index in [1.807, 2.05) is 18.4 Å². The Morgan fingerprint density at radius 1 is 1.38 bits per heavy atom. The van der Waals surface area contributed by atoms with Crippen molar-refractivity contribution in [3.05, 3.63) is 23.1 Å². The molecule has 13 heavy (non-hydrogen) atoms. The van der Waals surface area contributed by atoms with Gasteiger partial charge in [-0.3, -0.25) is 0 Å². The number of fused-ring (bicyclic) bond motifs is 1. The molecule has 0 aliphatic rings. The lowest BCUT2D eigenvalue weighted by Gasteiger charge is -2.00. The second-order valence-electron chi connectivity index (χ2n) is 2.89. The van der Waals surface area contributed by atoms with E-state index in [4.69, 9.17) is 0 Å². The Bertz CT molecular complexity index is 445. The van der Waals surface area contributed by atoms with E-state index >= 15 is 0 Å². The first-order valence-electron chi connectivity index (χ1n) is 3.98. The predicted octanol–water partition coefficient (Wildman–Crippen LogP) is 3.64. The van der Waals surface area contributed by atoms with Crippen LogP contribution in [0.4, 0.5) is 0 Å². The Morgan fingerprint density at radius 3 is 2.85 bits per heavy atom. The van der Waals surface area contributed by atoms with Gasteiger partial charge in [-0.25, -0.2) is 0 Å². The quantitative estimate of drug-likeness (QED) is 0.725. The molecule has 0 aliphatic carbocycles. The van der Waals surface area contributed by atoms with Crippen LogP contribution in [-0.4, -0.2) is 11.4 Å². The third-order valence-corrected chi connectivity index (χ3v) is 3.76. The summed E-state index contributed by atoms with van der Waals surface area (Å²) in [6.07, 6.45) is 1.97. The van der Waals surface area contributed by atoms with Gasteiger partial charge in [0.1, 0.15) is 5.75 Å². The van der Waals surface area contributed by atoms with Gasteiger partial charge in [0.15, 0.2) is 0 Å². The summed E-state index contributed by atoms with van der Waals surface area (Å²) in [7, 11) is 0. The molecule has 0 atom stereocenters. The number of thioether (sulfide) groups is 1. The number of rotatable bonds is 1. The standard InChI is InChI=1S/C10H10OS2/c1-6-5-7-8(13-6)3-4-9(12-2)10(7)11/h3-5,11H,1-2H3. The van der Waals surface area contributed by atoms with Crippen LogP contribution in [0.1, 0.15) is 4.88 Å². The molecule has 2 rings (SSSR count). The number of benzene rings is 1. The van der Waals surface area contributed by atoms with Crippen molar-refractivity contribution in [2.24, 2.45) is 0 Å². The van der Waals surface area contributed by atoms with Crippen LogP contribution < -0.4 is 0 Å². The first-order valence-corrected chi connectivity index (χ1v) is 6.02. The lowest BCUT2D eigenvalue weighted by atomic mass is 10.2. The molecule has 68 valence electrons. The van der Waals surface area contributed by atoms with Gasteiger partial charge in [-0.2, -0.15) is 0 Å². The number of thiophene rings is 1. The van der Waals surface area contributed by atoms with Crippen LogP contribution in [0.3, 0.4) is 0 Å². The van der Waals surface area contributed by atoms with Crippen LogP contribution in [-0.2, 0) is 0 Å². The molecule has 0 spiro atoms. The molecule has 0 saturated carbocycles. The number of phenolic OH excluding ortho intramolecular Hbond substituents is 1. The van der Waals surface area contributed by atoms with Crippen LogP contribution >= 0.6 is 23.1 Å². The monoisotopic (exact) mass is 210 g/mol. The van der Waals surface area contributed by atoms with Gasteiger partial charge in [0.2, 0.25) is 0 Å². The molecule has 1 N–H and O–H groups in total. The van der Waals surface area contributed by atoms with Crippen molar-refractivity contribution in [1.82, 2.24) is 0 Å². The average molecular weight is 210 g/mol. The summed E-state index contributed by atoms with van der Waals surface area (Å²) < 4.78 is 1.16. The summed E-state index contributed by atoms with van der Waals surface area (Å²) in [5.74, 6) is 0.425. The summed E-state index contributed by atoms with van der Waals surface area (Å²) in [6, 6.07) is 6.08. The van der Waals surface area contributed by atoms with Gasteiger partial charge in [-0.1, -0.05) is 0 Å². The van der Waals surface area contributed by atoms with Crippen molar-refractivity contribution >= 4 is 33.2 Å². The minimum Gasteiger partial charge on any atom is -0.506 e. The first-order chi connectivity index (χ1) is 6.22. The topological polar surface area (TPSA) is 20.2 Å². The van der Waals surface area contributed by atoms with Crippen LogP contribution in [0.25, 0.3) is 10.1 Å². The maximum Gasteiger partial charge on any atom is 0.137 e. The normalized spacial score (nSPS) is 10.9. The van der Waals surface area contributed by atoms with Crippen molar-refractivity contribution < 1.29 is 5.11 Å². The smallest absolute Gasteiger partial charge is 0.137 e. The summed E-state index contributed by atoms with van der Waals surface area (Å²) in [5, 5.41) is 10.8. The maximum absolute atomic E-state index is 9.85. The van der Waals surface area contributed by atoms with Gasteiger partial charge < -0.3 is 5.11 Å². The Morgan fingerprint density at radius 2 is 2.15 bits per heavy atom. The molecule has 2 aromatic rings. The fourth-order valence-corrected chi connectivity index (χ4v) is 2.80. The highest BCUT2D eigenvalue weighted by Gasteiger charge is 2.07. The third-order valence-electron chi connectivity index (χ3n) is 1.98. The van der Waals surface area contributed by atoms with E-state index in [9.17, 15) is 5.11 Å². The molecule has 1 aromatic heterocycles. The Kier molecular flexibility index (Phi) is 2.22. The number of phenols is 1. The largest absolute Gasteiger partial charge is 0.506 e. The second-order valence-corrected chi connectivity index (χ2v) is 5.02. The second kappa shape index (κ2) is 3.24. The highest BCUT2D eigenvalue weighted by molar-refractivity contribution is 7.98. The highest BCUT2D eigenvalue weighted by Crippen LogP contribution is 2.37. The molecule has 0 saturated heterocycles. The molecule has 0 amide bonds. The molecule has 0 fully saturated rings. The number of hydrogen-bond acceptors (Lipinski definition) is 3. The average Bonchev–Trinajstić information content (AvgIpc) is 2.47. The van der Waals surface area contributed by atoms with Gasteiger partial charge in [-0.15, -0.1) is 23.1 Å². The maximum atomic E-state index is 9.85. The zero-order chi connectivity index (χ0) is 9.42. The molecule has 0 aliphatic heterocycles. The van der Waals surface area contributed by atoms with Gasteiger partial charge in [-0.05, 0) is 31.4 Å². The minimum atomic E-state index is 0.425. The number of hydrogen-bond donors (Lipinski definition) is 1. The van der Waals surface area contributed by atoms with Crippen LogP contribution in [0.5, 0.6) is 5.75 Å². The van der Waals surface area contributed by atoms with Crippen molar-refractivity contribution in [2.75, 3.05) is 6.26 Å². The van der Waals surface area contributed by atoms with Crippen molar-refractivity contribution in [1.29, 1.82) is 0 Å². The van der Waals surface area contributed by atoms with Gasteiger partial charge in [0.25, 0.3) is 0 Å². The first kappa shape index (κ1) is 8.91. The SMILES string of the molecule is CSc1ccc2sc(C)cc2c1O. The van der Waals surface area contributed by atoms with Gasteiger partial charge >= 0.3 is 0 Å². The van der Waals surface area contributed by atoms with E-state index in [0.29, 0.717) is 5.75 Å². The van der Waals surface area contributed by atoms with Crippen LogP contribution in [0.2, 0.25) is 0 Å². The molecule has 0 radical (unpaired) electrons. The van der Waals surface area contributed by atoms with E-state index in [1.54, 1.807) is 23.1 Å². The number of aryl methyl sites for hydroxylation is 1. The summed E-state index contributed by atoms with van der Waals surface area (Å²) in [4.78, 5) is 2.19. The Hall–Kier alpha value is -0.670. The van der Waals surface area contributed by atoms with Gasteiger partial charge in [0, 0.05) is 19.9 Å². The van der Waals surface area contributed by atoms with Crippen LogP contribution in [0, 0.1) is 6.92 Å². The van der Waals surface area contributed by atoms with Crippen molar-refractivity contribution in [2.45, 2.75) is 11.8 Å².